The third-order valence-electron chi connectivity index (χ3n) is 2.87. The lowest BCUT2D eigenvalue weighted by Crippen LogP contribution is -2.30. The van der Waals surface area contributed by atoms with Crippen LogP contribution in [0.2, 0.25) is 0 Å². The normalized spacial score (nSPS) is 22.7. The largest absolute Gasteiger partial charge is 0.479 e. The molecule has 1 saturated heterocycles. The molecule has 0 bridgehead atoms. The maximum Gasteiger partial charge on any atom is 0.332 e. The van der Waals surface area contributed by atoms with Gasteiger partial charge >= 0.3 is 5.97 Å². The van der Waals surface area contributed by atoms with Crippen LogP contribution < -0.4 is 5.32 Å². The monoisotopic (exact) mass is 250 g/mol. The number of carboxylic acid groups (broad SMARTS) is 1. The van der Waals surface area contributed by atoms with E-state index >= 15 is 0 Å². The van der Waals surface area contributed by atoms with Crippen LogP contribution >= 0.6 is 0 Å². The Balaban J connectivity index is 1.98. The van der Waals surface area contributed by atoms with Crippen molar-refractivity contribution in [3.63, 3.8) is 0 Å². The maximum atomic E-state index is 11.9. The molecule has 1 aromatic heterocycles. The van der Waals surface area contributed by atoms with E-state index in [1.807, 2.05) is 6.92 Å². The van der Waals surface area contributed by atoms with Gasteiger partial charge in [0.2, 0.25) is 0 Å². The molecule has 0 unspecified atom stereocenters. The Labute approximate surface area is 104 Å². The quantitative estimate of drug-likeness (QED) is 0.834. The lowest BCUT2D eigenvalue weighted by atomic mass is 10.2. The second-order valence-corrected chi connectivity index (χ2v) is 4.21. The van der Waals surface area contributed by atoms with Gasteiger partial charge in [0.15, 0.2) is 6.10 Å². The Morgan fingerprint density at radius 1 is 1.44 bits per heavy atom. The highest BCUT2D eigenvalue weighted by Gasteiger charge is 2.34. The van der Waals surface area contributed by atoms with Gasteiger partial charge in [0.1, 0.15) is 6.10 Å². The molecule has 2 heterocycles. The number of nitrogens with zero attached hydrogens (tertiary/aromatic N) is 1. The fourth-order valence-corrected chi connectivity index (χ4v) is 1.84. The number of carbonyl (C=O) groups is 2. The van der Waals surface area contributed by atoms with Crippen LogP contribution in [0.5, 0.6) is 0 Å². The number of hydrogen-bond donors (Lipinski definition) is 2. The number of nitrogens with one attached hydrogen (secondary N) is 1. The first kappa shape index (κ1) is 12.5. The predicted molar refractivity (Wildman–Crippen MR) is 63.1 cm³/mol. The van der Waals surface area contributed by atoms with Crippen LogP contribution in [0, 0.1) is 6.92 Å². The van der Waals surface area contributed by atoms with Crippen molar-refractivity contribution in [3.05, 3.63) is 24.0 Å². The highest BCUT2D eigenvalue weighted by atomic mass is 16.5. The zero-order valence-corrected chi connectivity index (χ0v) is 9.92. The second kappa shape index (κ2) is 5.14. The van der Waals surface area contributed by atoms with Crippen molar-refractivity contribution in [3.8, 4) is 0 Å². The van der Waals surface area contributed by atoms with Crippen LogP contribution in [0.4, 0.5) is 5.69 Å². The molecular formula is C12H14N2O4. The van der Waals surface area contributed by atoms with Crippen LogP contribution in [0.1, 0.15) is 18.4 Å². The SMILES string of the molecule is Cc1cnccc1NC(=O)[C@@H]1CC[C@H](C(=O)O)O1. The van der Waals surface area contributed by atoms with Crippen molar-refractivity contribution < 1.29 is 19.4 Å². The zero-order valence-electron chi connectivity index (χ0n) is 9.92. The van der Waals surface area contributed by atoms with Gasteiger partial charge in [-0.2, -0.15) is 0 Å². The predicted octanol–water partition coefficient (Wildman–Crippen LogP) is 0.961. The van der Waals surface area contributed by atoms with E-state index in [2.05, 4.69) is 10.3 Å². The van der Waals surface area contributed by atoms with E-state index < -0.39 is 18.2 Å². The minimum absolute atomic E-state index is 0.312. The summed E-state index contributed by atoms with van der Waals surface area (Å²) in [4.78, 5) is 26.5. The number of ether oxygens (including phenoxy) is 1. The number of rotatable bonds is 3. The number of aryl methyl sites for hydroxylation is 1. The molecule has 1 aliphatic rings. The molecule has 0 spiro atoms. The van der Waals surface area contributed by atoms with Crippen LogP contribution in [-0.2, 0) is 14.3 Å². The van der Waals surface area contributed by atoms with Crippen molar-refractivity contribution in [1.82, 2.24) is 4.98 Å². The number of amides is 1. The number of anilines is 1. The molecule has 6 nitrogen and oxygen atoms in total. The Hall–Kier alpha value is -1.95. The van der Waals surface area contributed by atoms with Gasteiger partial charge in [-0.1, -0.05) is 0 Å². The molecule has 1 aliphatic heterocycles. The molecule has 6 heteroatoms. The van der Waals surface area contributed by atoms with Gasteiger partial charge in [0.05, 0.1) is 0 Å². The van der Waals surface area contributed by atoms with Crippen molar-refractivity contribution >= 4 is 17.6 Å². The van der Waals surface area contributed by atoms with E-state index in [4.69, 9.17) is 9.84 Å². The van der Waals surface area contributed by atoms with E-state index in [1.165, 1.54) is 0 Å². The van der Waals surface area contributed by atoms with Crippen molar-refractivity contribution in [2.24, 2.45) is 0 Å². The fraction of sp³-hybridized carbons (Fsp3) is 0.417. The molecular weight excluding hydrogens is 236 g/mol. The molecule has 1 amide bonds. The summed E-state index contributed by atoms with van der Waals surface area (Å²) in [7, 11) is 0. The minimum atomic E-state index is -1.02. The number of hydrogen-bond acceptors (Lipinski definition) is 4. The van der Waals surface area contributed by atoms with Crippen molar-refractivity contribution in [2.45, 2.75) is 32.0 Å². The van der Waals surface area contributed by atoms with Gasteiger partial charge < -0.3 is 15.2 Å². The number of aliphatic carboxylic acids is 1. The topological polar surface area (TPSA) is 88.5 Å². The molecule has 96 valence electrons. The summed E-state index contributed by atoms with van der Waals surface area (Å²) < 4.78 is 5.17. The highest BCUT2D eigenvalue weighted by Crippen LogP contribution is 2.22. The van der Waals surface area contributed by atoms with Crippen LogP contribution in [0.15, 0.2) is 18.5 Å². The molecule has 2 atom stereocenters. The van der Waals surface area contributed by atoms with Crippen LogP contribution in [0.3, 0.4) is 0 Å². The average molecular weight is 250 g/mol. The Morgan fingerprint density at radius 3 is 2.78 bits per heavy atom. The van der Waals surface area contributed by atoms with E-state index in [0.29, 0.717) is 18.5 Å². The van der Waals surface area contributed by atoms with Gasteiger partial charge in [-0.05, 0) is 31.4 Å². The summed E-state index contributed by atoms with van der Waals surface area (Å²) >= 11 is 0. The molecule has 0 aliphatic carbocycles. The first-order valence-corrected chi connectivity index (χ1v) is 5.67. The average Bonchev–Trinajstić information content (AvgIpc) is 2.81. The molecule has 1 fully saturated rings. The highest BCUT2D eigenvalue weighted by molar-refractivity contribution is 5.95. The minimum Gasteiger partial charge on any atom is -0.479 e. The Kier molecular flexibility index (Phi) is 3.57. The molecule has 0 saturated carbocycles. The zero-order chi connectivity index (χ0) is 13.1. The van der Waals surface area contributed by atoms with Crippen LogP contribution in [-0.4, -0.2) is 34.2 Å². The number of pyridine rings is 1. The molecule has 2 rings (SSSR count). The van der Waals surface area contributed by atoms with Gasteiger partial charge in [-0.3, -0.25) is 9.78 Å². The number of carbonyl (C=O) groups excluding carboxylic acids is 1. The Bertz CT molecular complexity index is 475. The first-order valence-electron chi connectivity index (χ1n) is 5.67. The molecule has 2 N–H and O–H groups in total. The smallest absolute Gasteiger partial charge is 0.332 e. The van der Waals surface area contributed by atoms with Gasteiger partial charge in [-0.15, -0.1) is 0 Å². The molecule has 18 heavy (non-hydrogen) atoms. The van der Waals surface area contributed by atoms with Gasteiger partial charge in [0, 0.05) is 18.1 Å². The third-order valence-corrected chi connectivity index (χ3v) is 2.87. The summed E-state index contributed by atoms with van der Waals surface area (Å²) in [6.45, 7) is 1.83. The van der Waals surface area contributed by atoms with Gasteiger partial charge in [-0.25, -0.2) is 4.79 Å². The second-order valence-electron chi connectivity index (χ2n) is 4.21. The van der Waals surface area contributed by atoms with Gasteiger partial charge in [0.25, 0.3) is 5.91 Å². The lowest BCUT2D eigenvalue weighted by Gasteiger charge is -2.12. The van der Waals surface area contributed by atoms with E-state index in [9.17, 15) is 9.59 Å². The summed E-state index contributed by atoms with van der Waals surface area (Å²) in [6, 6.07) is 1.69. The summed E-state index contributed by atoms with van der Waals surface area (Å²) in [5.41, 5.74) is 1.51. The molecule has 1 aromatic rings. The molecule has 0 aromatic carbocycles. The third kappa shape index (κ3) is 2.65. The fourth-order valence-electron chi connectivity index (χ4n) is 1.84. The van der Waals surface area contributed by atoms with Crippen molar-refractivity contribution in [2.75, 3.05) is 5.32 Å². The first-order chi connectivity index (χ1) is 8.58. The number of carboxylic acids is 1. The van der Waals surface area contributed by atoms with E-state index in [-0.39, 0.29) is 5.91 Å². The standard InChI is InChI=1S/C12H14N2O4/c1-7-6-13-5-4-8(7)14-11(15)9-2-3-10(18-9)12(16)17/h4-6,9-10H,2-3H2,1H3,(H,16,17)(H,13,14,15)/t9-,10+/m0/s1. The Morgan fingerprint density at radius 2 is 2.17 bits per heavy atom. The molecule has 0 radical (unpaired) electrons. The van der Waals surface area contributed by atoms with Crippen LogP contribution in [0.25, 0.3) is 0 Å². The van der Waals surface area contributed by atoms with Crippen molar-refractivity contribution in [1.29, 1.82) is 0 Å². The summed E-state index contributed by atoms with van der Waals surface area (Å²) in [5.74, 6) is -1.33. The number of aromatic nitrogens is 1. The lowest BCUT2D eigenvalue weighted by molar-refractivity contribution is -0.150. The summed E-state index contributed by atoms with van der Waals surface area (Å²) in [6.07, 6.45) is 2.44. The summed E-state index contributed by atoms with van der Waals surface area (Å²) in [5, 5.41) is 11.5. The maximum absolute atomic E-state index is 11.9. The van der Waals surface area contributed by atoms with E-state index in [1.54, 1.807) is 18.5 Å². The van der Waals surface area contributed by atoms with E-state index in [0.717, 1.165) is 5.56 Å².